The zero-order chi connectivity index (χ0) is 29.6. The molecular formula is C32H55CuN8O3S. The van der Waals surface area contributed by atoms with Crippen LogP contribution in [0.2, 0.25) is 0 Å². The van der Waals surface area contributed by atoms with Crippen molar-refractivity contribution in [1.82, 2.24) is 42.5 Å². The minimum Gasteiger partial charge on any atom is -0.748 e. The predicted molar refractivity (Wildman–Crippen MR) is 166 cm³/mol. The summed E-state index contributed by atoms with van der Waals surface area (Å²) < 4.78 is 38.1. The Balaban J connectivity index is 0.00000300. The second kappa shape index (κ2) is 12.8. The van der Waals surface area contributed by atoms with E-state index in [1.807, 2.05) is 0 Å². The summed E-state index contributed by atoms with van der Waals surface area (Å²) in [4.78, 5) is 0. The Morgan fingerprint density at radius 2 is 0.644 bits per heavy atom. The Kier molecular flexibility index (Phi) is 9.17. The van der Waals surface area contributed by atoms with Crippen LogP contribution in [0.15, 0.2) is 0 Å². The Bertz CT molecular complexity index is 1180. The van der Waals surface area contributed by atoms with E-state index in [9.17, 15) is 13.0 Å². The quantitative estimate of drug-likeness (QED) is 0.147. The van der Waals surface area contributed by atoms with Gasteiger partial charge in [0.2, 0.25) is 0 Å². The van der Waals surface area contributed by atoms with Gasteiger partial charge >= 0.3 is 17.1 Å². The standard InChI is InChI=1S/C32H56N8O3S.Cu/c41-44(42,43)23-15-7-14-22-24(23)32-39-30-21-13-6-5-12-20(21)28(37-30)35-26-17-9-2-1-8-16(17)25(33-26)34-27-18-10-3-4-11-19(18)29(36-27)38-31(22)40-32;/h16-40H,1-15H2,(H,41,42,43);/q;+1/p-1. The molecule has 0 aromatic heterocycles. The maximum absolute atomic E-state index is 12.7. The molecule has 5 aliphatic heterocycles. The monoisotopic (exact) mass is 694 g/mol. The second-order valence-corrected chi connectivity index (χ2v) is 17.8. The van der Waals surface area contributed by atoms with Gasteiger partial charge in [-0.15, -0.1) is 0 Å². The average Bonchev–Trinajstić information content (AvgIpc) is 3.76. The fraction of sp³-hybridized carbons (Fsp3) is 1.00. The number of nitrogens with one attached hydrogen (secondary N) is 8. The molecule has 0 aromatic carbocycles. The molecule has 8 bridgehead atoms. The fourth-order valence-corrected chi connectivity index (χ4v) is 13.5. The summed E-state index contributed by atoms with van der Waals surface area (Å²) in [6.45, 7) is 0. The van der Waals surface area contributed by atoms with Gasteiger partial charge in [0.05, 0.1) is 64.7 Å². The zero-order valence-corrected chi connectivity index (χ0v) is 28.1. The van der Waals surface area contributed by atoms with E-state index in [0.29, 0.717) is 48.1 Å². The molecule has 11 nitrogen and oxygen atoms in total. The molecule has 45 heavy (non-hydrogen) atoms. The van der Waals surface area contributed by atoms with Crippen LogP contribution in [0.1, 0.15) is 96.3 Å². The molecule has 9 aliphatic rings. The third kappa shape index (κ3) is 5.70. The van der Waals surface area contributed by atoms with Gasteiger partial charge in [-0.25, -0.2) is 8.42 Å². The molecule has 4 saturated carbocycles. The maximum Gasteiger partial charge on any atom is 1.00 e. The van der Waals surface area contributed by atoms with Crippen LogP contribution in [0.3, 0.4) is 0 Å². The van der Waals surface area contributed by atoms with E-state index in [1.54, 1.807) is 0 Å². The van der Waals surface area contributed by atoms with Gasteiger partial charge in [-0.05, 0) is 92.8 Å². The molecule has 13 heteroatoms. The molecule has 0 radical (unpaired) electrons. The molecule has 17 atom stereocenters. The third-order valence-corrected chi connectivity index (χ3v) is 15.5. The van der Waals surface area contributed by atoms with Crippen LogP contribution in [0.4, 0.5) is 0 Å². The Hall–Kier alpha value is 0.109. The molecule has 4 aliphatic carbocycles. The number of fused-ring (bicyclic) bond motifs is 20. The predicted octanol–water partition coefficient (Wildman–Crippen LogP) is 1.13. The van der Waals surface area contributed by atoms with Gasteiger partial charge in [-0.1, -0.05) is 44.9 Å². The van der Waals surface area contributed by atoms with Crippen LogP contribution in [0.5, 0.6) is 0 Å². The average molecular weight is 695 g/mol. The van der Waals surface area contributed by atoms with E-state index in [2.05, 4.69) is 42.5 Å². The molecule has 0 spiro atoms. The smallest absolute Gasteiger partial charge is 0.748 e. The Morgan fingerprint density at radius 1 is 0.378 bits per heavy atom. The summed E-state index contributed by atoms with van der Waals surface area (Å²) in [7, 11) is -4.41. The zero-order valence-electron chi connectivity index (χ0n) is 26.4. The number of hydrogen-bond donors (Lipinski definition) is 8. The van der Waals surface area contributed by atoms with Crippen LogP contribution in [0, 0.1) is 47.3 Å². The van der Waals surface area contributed by atoms with Gasteiger partial charge in [-0.3, -0.25) is 42.5 Å². The maximum atomic E-state index is 12.7. The Morgan fingerprint density at radius 3 is 0.956 bits per heavy atom. The van der Waals surface area contributed by atoms with Crippen molar-refractivity contribution in [3.63, 3.8) is 0 Å². The van der Waals surface area contributed by atoms with Crippen LogP contribution < -0.4 is 42.5 Å². The van der Waals surface area contributed by atoms with E-state index in [4.69, 9.17) is 0 Å². The molecule has 8 N–H and O–H groups in total. The van der Waals surface area contributed by atoms with Crippen LogP contribution in [-0.2, 0) is 27.2 Å². The first-order valence-electron chi connectivity index (χ1n) is 18.5. The largest absolute Gasteiger partial charge is 1.00 e. The topological polar surface area (TPSA) is 153 Å². The molecule has 258 valence electrons. The van der Waals surface area contributed by atoms with Crippen molar-refractivity contribution in [2.75, 3.05) is 0 Å². The van der Waals surface area contributed by atoms with Gasteiger partial charge < -0.3 is 4.55 Å². The van der Waals surface area contributed by atoms with Crippen molar-refractivity contribution in [2.24, 2.45) is 47.3 Å². The minimum absolute atomic E-state index is 0. The van der Waals surface area contributed by atoms with E-state index in [1.165, 1.54) is 77.0 Å². The molecule has 0 amide bonds. The van der Waals surface area contributed by atoms with Gasteiger partial charge in [-0.2, -0.15) is 0 Å². The van der Waals surface area contributed by atoms with Crippen molar-refractivity contribution >= 4 is 10.1 Å². The number of rotatable bonds is 1. The molecule has 5 heterocycles. The van der Waals surface area contributed by atoms with Gasteiger partial charge in [0.15, 0.2) is 0 Å². The van der Waals surface area contributed by atoms with Crippen molar-refractivity contribution in [3.8, 4) is 0 Å². The second-order valence-electron chi connectivity index (χ2n) is 16.2. The molecular weight excluding hydrogens is 640 g/mol. The summed E-state index contributed by atoms with van der Waals surface area (Å²) in [6.07, 6.45) is 18.5. The number of hydrogen-bond acceptors (Lipinski definition) is 11. The summed E-state index contributed by atoms with van der Waals surface area (Å²) in [6, 6.07) is 0. The van der Waals surface area contributed by atoms with Gasteiger partial charge in [0.25, 0.3) is 0 Å². The summed E-state index contributed by atoms with van der Waals surface area (Å²) in [5.74, 6) is 3.34. The van der Waals surface area contributed by atoms with Crippen molar-refractivity contribution in [2.45, 2.75) is 151 Å². The van der Waals surface area contributed by atoms with E-state index >= 15 is 0 Å². The van der Waals surface area contributed by atoms with Crippen LogP contribution >= 0.6 is 0 Å². The third-order valence-electron chi connectivity index (χ3n) is 14.2. The van der Waals surface area contributed by atoms with Crippen molar-refractivity contribution in [1.29, 1.82) is 0 Å². The first-order chi connectivity index (χ1) is 21.4. The molecule has 9 rings (SSSR count). The molecule has 0 aromatic rings. The first-order valence-corrected chi connectivity index (χ1v) is 19.9. The van der Waals surface area contributed by atoms with Crippen molar-refractivity contribution in [3.05, 3.63) is 0 Å². The first kappa shape index (κ1) is 32.3. The van der Waals surface area contributed by atoms with Gasteiger partial charge in [0, 0.05) is 5.92 Å². The molecule has 5 saturated heterocycles. The summed E-state index contributed by atoms with van der Waals surface area (Å²) in [5.41, 5.74) is 0. The van der Waals surface area contributed by atoms with E-state index in [-0.39, 0.29) is 72.1 Å². The Labute approximate surface area is 280 Å². The van der Waals surface area contributed by atoms with Gasteiger partial charge in [0.1, 0.15) is 0 Å². The van der Waals surface area contributed by atoms with Crippen molar-refractivity contribution < 1.29 is 30.0 Å². The molecule has 9 fully saturated rings. The van der Waals surface area contributed by atoms with Crippen LogP contribution in [-0.4, -0.2) is 67.5 Å². The van der Waals surface area contributed by atoms with Crippen LogP contribution in [0.25, 0.3) is 0 Å². The normalized spacial score (nSPS) is 54.3. The minimum atomic E-state index is -4.41. The summed E-state index contributed by atoms with van der Waals surface area (Å²) >= 11 is 0. The van der Waals surface area contributed by atoms with E-state index in [0.717, 1.165) is 12.8 Å². The summed E-state index contributed by atoms with van der Waals surface area (Å²) in [5, 5.41) is 31.5. The van der Waals surface area contributed by atoms with E-state index < -0.39 is 15.4 Å². The molecule has 17 unspecified atom stereocenters. The fourth-order valence-electron chi connectivity index (χ4n) is 12.3. The SMILES string of the molecule is O=S(=O)([O-])C1CCCC2C3NC4NC(NC5NC(NC6NC(NC(N3)C21)C1CCCCC61)C1CCCCC51)C1CCCCC41.[Cu+].